The molecule has 7 rings (SSSR count). The monoisotopic (exact) mass is 650 g/mol. The zero-order chi connectivity index (χ0) is 32.9. The Morgan fingerprint density at radius 1 is 1.06 bits per heavy atom. The first-order valence-electron chi connectivity index (χ1n) is 16.4. The SMILES string of the molecule is Cc1cc(C2=CC(C)(S(=O)(=O)n3cc(-c4ccc(C(=O)N(C)C)cc4)c4cccnc43)CC=C2)cc2c1CCN(C1CCOCC1)C2. The molecule has 4 aromatic rings. The predicted octanol–water partition coefficient (Wildman–Crippen LogP) is 6.23. The maximum absolute atomic E-state index is 14.7. The molecular weight excluding hydrogens is 609 g/mol. The van der Waals surface area contributed by atoms with Crippen molar-refractivity contribution in [2.24, 2.45) is 0 Å². The fraction of sp³-hybridized carbons (Fsp3) is 0.368. The van der Waals surface area contributed by atoms with Crippen molar-refractivity contribution in [3.8, 4) is 11.1 Å². The first kappa shape index (κ1) is 31.5. The van der Waals surface area contributed by atoms with Gasteiger partial charge < -0.3 is 9.64 Å². The summed E-state index contributed by atoms with van der Waals surface area (Å²) in [5, 5.41) is 0.737. The molecule has 1 fully saturated rings. The van der Waals surface area contributed by atoms with Crippen LogP contribution in [0.5, 0.6) is 0 Å². The number of pyridine rings is 1. The van der Waals surface area contributed by atoms with Gasteiger partial charge in [-0.15, -0.1) is 0 Å². The minimum atomic E-state index is -3.95. The zero-order valence-electron chi connectivity index (χ0n) is 27.6. The molecule has 0 radical (unpaired) electrons. The number of rotatable bonds is 6. The fourth-order valence-electron chi connectivity index (χ4n) is 7.41. The fourth-order valence-corrected chi connectivity index (χ4v) is 9.05. The lowest BCUT2D eigenvalue weighted by atomic mass is 9.87. The number of carbonyl (C=O) groups excluding carboxylic acids is 1. The Labute approximate surface area is 277 Å². The highest BCUT2D eigenvalue weighted by Crippen LogP contribution is 2.39. The molecule has 1 unspecified atom stereocenters. The van der Waals surface area contributed by atoms with Gasteiger partial charge in [-0.2, -0.15) is 0 Å². The summed E-state index contributed by atoms with van der Waals surface area (Å²) in [4.78, 5) is 21.1. The van der Waals surface area contributed by atoms with E-state index in [0.717, 1.165) is 73.2 Å². The lowest BCUT2D eigenvalue weighted by molar-refractivity contribution is 0.0290. The van der Waals surface area contributed by atoms with Gasteiger partial charge in [-0.05, 0) is 103 Å². The smallest absolute Gasteiger partial charge is 0.253 e. The number of aryl methyl sites for hydroxylation is 1. The quantitative estimate of drug-likeness (QED) is 0.246. The maximum atomic E-state index is 14.7. The predicted molar refractivity (Wildman–Crippen MR) is 187 cm³/mol. The minimum absolute atomic E-state index is 0.0881. The highest BCUT2D eigenvalue weighted by molar-refractivity contribution is 7.91. The Morgan fingerprint density at radius 2 is 1.83 bits per heavy atom. The molecule has 0 bridgehead atoms. The van der Waals surface area contributed by atoms with Crippen LogP contribution < -0.4 is 0 Å². The average Bonchev–Trinajstić information content (AvgIpc) is 3.48. The highest BCUT2D eigenvalue weighted by Gasteiger charge is 2.41. The molecule has 1 amide bonds. The molecule has 9 heteroatoms. The largest absolute Gasteiger partial charge is 0.381 e. The molecule has 47 heavy (non-hydrogen) atoms. The molecular formula is C38H42N4O4S. The van der Waals surface area contributed by atoms with E-state index in [9.17, 15) is 13.2 Å². The summed E-state index contributed by atoms with van der Waals surface area (Å²) in [6.45, 7) is 7.62. The van der Waals surface area contributed by atoms with Crippen molar-refractivity contribution in [1.82, 2.24) is 18.8 Å². The summed E-state index contributed by atoms with van der Waals surface area (Å²) >= 11 is 0. The summed E-state index contributed by atoms with van der Waals surface area (Å²) in [6, 6.07) is 16.0. The van der Waals surface area contributed by atoms with E-state index in [2.05, 4.69) is 35.0 Å². The van der Waals surface area contributed by atoms with Crippen LogP contribution in [0.15, 0.2) is 79.2 Å². The van der Waals surface area contributed by atoms with Gasteiger partial charge in [0, 0.05) is 75.3 Å². The molecule has 3 aliphatic rings. The number of aromatic nitrogens is 2. The van der Waals surface area contributed by atoms with Crippen molar-refractivity contribution >= 4 is 32.5 Å². The van der Waals surface area contributed by atoms with Crippen molar-refractivity contribution in [3.05, 3.63) is 107 Å². The van der Waals surface area contributed by atoms with Gasteiger partial charge in [0.1, 0.15) is 4.75 Å². The summed E-state index contributed by atoms with van der Waals surface area (Å²) in [5.41, 5.74) is 8.52. The van der Waals surface area contributed by atoms with E-state index in [1.807, 2.05) is 36.4 Å². The molecule has 2 aromatic heterocycles. The van der Waals surface area contributed by atoms with Gasteiger partial charge in [0.2, 0.25) is 10.0 Å². The lowest BCUT2D eigenvalue weighted by Gasteiger charge is -2.38. The van der Waals surface area contributed by atoms with Crippen LogP contribution in [0.1, 0.15) is 58.8 Å². The summed E-state index contributed by atoms with van der Waals surface area (Å²) < 4.78 is 35.1. The topological polar surface area (TPSA) is 84.7 Å². The number of carbonyl (C=O) groups is 1. The zero-order valence-corrected chi connectivity index (χ0v) is 28.4. The lowest BCUT2D eigenvalue weighted by Crippen LogP contribution is -2.42. The maximum Gasteiger partial charge on any atom is 0.253 e. The first-order chi connectivity index (χ1) is 22.6. The third-order valence-electron chi connectivity index (χ3n) is 10.1. The Morgan fingerprint density at radius 3 is 2.57 bits per heavy atom. The van der Waals surface area contributed by atoms with E-state index in [4.69, 9.17) is 4.74 Å². The van der Waals surface area contributed by atoms with Crippen LogP contribution >= 0.6 is 0 Å². The summed E-state index contributed by atoms with van der Waals surface area (Å²) in [6.07, 6.45) is 12.8. The van der Waals surface area contributed by atoms with Crippen molar-refractivity contribution in [2.75, 3.05) is 33.9 Å². The van der Waals surface area contributed by atoms with Gasteiger partial charge in [0.25, 0.3) is 5.91 Å². The van der Waals surface area contributed by atoms with Crippen LogP contribution in [0.2, 0.25) is 0 Å². The number of amides is 1. The Kier molecular flexibility index (Phi) is 8.18. The molecule has 1 atom stereocenters. The molecule has 8 nitrogen and oxygen atoms in total. The highest BCUT2D eigenvalue weighted by atomic mass is 32.2. The second-order valence-electron chi connectivity index (χ2n) is 13.5. The molecule has 1 aliphatic carbocycles. The molecule has 4 heterocycles. The van der Waals surface area contributed by atoms with Crippen molar-refractivity contribution in [2.45, 2.75) is 56.9 Å². The molecule has 1 saturated heterocycles. The van der Waals surface area contributed by atoms with Crippen molar-refractivity contribution in [1.29, 1.82) is 0 Å². The number of ether oxygens (including phenoxy) is 1. The van der Waals surface area contributed by atoms with Gasteiger partial charge in [-0.25, -0.2) is 17.4 Å². The van der Waals surface area contributed by atoms with Gasteiger partial charge in [0.05, 0.1) is 0 Å². The number of allylic oxidation sites excluding steroid dienone is 3. The number of nitrogens with zero attached hydrogens (tertiary/aromatic N) is 4. The molecule has 0 saturated carbocycles. The van der Waals surface area contributed by atoms with Crippen LogP contribution in [0.25, 0.3) is 27.7 Å². The third-order valence-corrected chi connectivity index (χ3v) is 12.4. The summed E-state index contributed by atoms with van der Waals surface area (Å²) in [7, 11) is -0.518. The Bertz CT molecular complexity index is 2020. The summed E-state index contributed by atoms with van der Waals surface area (Å²) in [5.74, 6) is -0.0881. The van der Waals surface area contributed by atoms with E-state index in [-0.39, 0.29) is 5.91 Å². The minimum Gasteiger partial charge on any atom is -0.381 e. The van der Waals surface area contributed by atoms with E-state index < -0.39 is 14.8 Å². The van der Waals surface area contributed by atoms with Gasteiger partial charge in [0.15, 0.2) is 5.65 Å². The Hall–Kier alpha value is -4.05. The number of fused-ring (bicyclic) bond motifs is 2. The van der Waals surface area contributed by atoms with E-state index >= 15 is 0 Å². The van der Waals surface area contributed by atoms with E-state index in [0.29, 0.717) is 23.7 Å². The second kappa shape index (κ2) is 12.2. The van der Waals surface area contributed by atoms with E-state index in [1.54, 1.807) is 45.5 Å². The van der Waals surface area contributed by atoms with E-state index in [1.165, 1.54) is 25.6 Å². The van der Waals surface area contributed by atoms with Crippen molar-refractivity contribution < 1.29 is 17.9 Å². The molecule has 0 spiro atoms. The van der Waals surface area contributed by atoms with Crippen LogP contribution in [-0.4, -0.2) is 77.7 Å². The second-order valence-corrected chi connectivity index (χ2v) is 15.8. The van der Waals surface area contributed by atoms with Gasteiger partial charge in [-0.3, -0.25) is 9.69 Å². The molecule has 2 aliphatic heterocycles. The number of hydrogen-bond acceptors (Lipinski definition) is 6. The molecule has 0 N–H and O–H groups in total. The Balaban J connectivity index is 1.24. The normalized spacial score (nSPS) is 20.6. The van der Waals surface area contributed by atoms with Gasteiger partial charge in [-0.1, -0.05) is 36.4 Å². The van der Waals surface area contributed by atoms with Gasteiger partial charge >= 0.3 is 0 Å². The third kappa shape index (κ3) is 5.64. The molecule has 2 aromatic carbocycles. The first-order valence-corrected chi connectivity index (χ1v) is 17.9. The average molecular weight is 651 g/mol. The van der Waals surface area contributed by atoms with Crippen LogP contribution in [0.3, 0.4) is 0 Å². The number of hydrogen-bond donors (Lipinski definition) is 0. The van der Waals surface area contributed by atoms with Crippen LogP contribution in [0.4, 0.5) is 0 Å². The molecule has 244 valence electrons. The standard InChI is InChI=1S/C38H42N4O4S/c1-26-21-30(22-31-24-41(18-13-33(26)31)32-14-19-46-20-15-32)29-7-5-16-38(2,23-29)47(44,45)42-25-35(34-8-6-17-39-36(34)42)27-9-11-28(12-10-27)37(43)40(3)4/h5-12,17,21-23,25,32H,13-16,18-20,24H2,1-4H3. The number of benzene rings is 2. The van der Waals surface area contributed by atoms with Crippen LogP contribution in [-0.2, 0) is 27.7 Å². The van der Waals surface area contributed by atoms with Crippen LogP contribution in [0, 0.1) is 6.92 Å². The van der Waals surface area contributed by atoms with Crippen molar-refractivity contribution in [3.63, 3.8) is 0 Å².